The summed E-state index contributed by atoms with van der Waals surface area (Å²) >= 11 is 0. The Hall–Kier alpha value is -4.62. The average molecular weight is 886 g/mol. The van der Waals surface area contributed by atoms with Gasteiger partial charge in [-0.1, -0.05) is 66.7 Å². The zero-order valence-corrected chi connectivity index (χ0v) is 39.1. The Morgan fingerprint density at radius 3 is 1.51 bits per heavy atom. The van der Waals surface area contributed by atoms with Crippen molar-refractivity contribution in [1.29, 1.82) is 0 Å². The predicted molar refractivity (Wildman–Crippen MR) is 220 cm³/mol. The summed E-state index contributed by atoms with van der Waals surface area (Å²) < 4.78 is 75.9. The van der Waals surface area contributed by atoms with Crippen molar-refractivity contribution in [1.82, 2.24) is 29.9 Å². The van der Waals surface area contributed by atoms with Gasteiger partial charge in [-0.3, -0.25) is 0 Å². The summed E-state index contributed by atoms with van der Waals surface area (Å²) in [7, 11) is -7.06. The van der Waals surface area contributed by atoms with E-state index in [1.54, 1.807) is 67.5 Å². The molecule has 0 aliphatic carbocycles. The number of hydrogen-bond donors (Lipinski definition) is 5. The van der Waals surface area contributed by atoms with Crippen molar-refractivity contribution >= 4 is 73.2 Å². The summed E-state index contributed by atoms with van der Waals surface area (Å²) in [5.41, 5.74) is 7.59. The Morgan fingerprint density at radius 2 is 1.07 bits per heavy atom. The minimum Gasteiger partial charge on any atom is -0.744 e. The first kappa shape index (κ1) is 49.0. The SMILES string of the molecule is CN(CCO)c1nc(Nc2ccccc2)nc(-c2ccc(C=Cc3ccc(-c4nc(Nc5ccccc5N)nc(N(C)CCO)n4)cc3S(=O)(=O)[O-])c(S(=O)(=O)[O-])c2)n1.[Na+].[Na+]. The third-order valence-electron chi connectivity index (χ3n) is 8.56. The van der Waals surface area contributed by atoms with Gasteiger partial charge in [-0.15, -0.1) is 0 Å². The maximum atomic E-state index is 12.6. The molecule has 0 unspecified atom stereocenters. The zero-order valence-electron chi connectivity index (χ0n) is 33.5. The molecular formula is C38H37N11Na2O8S2. The largest absolute Gasteiger partial charge is 1.00 e. The molecule has 2 aromatic heterocycles. The van der Waals surface area contributed by atoms with E-state index >= 15 is 0 Å². The van der Waals surface area contributed by atoms with Gasteiger partial charge >= 0.3 is 59.1 Å². The van der Waals surface area contributed by atoms with Crippen molar-refractivity contribution in [3.8, 4) is 22.8 Å². The molecule has 23 heteroatoms. The van der Waals surface area contributed by atoms with Gasteiger partial charge in [0.05, 0.1) is 34.4 Å². The fourth-order valence-corrected chi connectivity index (χ4v) is 6.95. The van der Waals surface area contributed by atoms with Gasteiger partial charge in [0.1, 0.15) is 20.2 Å². The van der Waals surface area contributed by atoms with Crippen molar-refractivity contribution in [3.05, 3.63) is 102 Å². The number of nitrogens with zero attached hydrogens (tertiary/aromatic N) is 8. The van der Waals surface area contributed by atoms with Crippen LogP contribution in [-0.2, 0) is 20.2 Å². The smallest absolute Gasteiger partial charge is 0.744 e. The molecule has 61 heavy (non-hydrogen) atoms. The molecule has 2 heterocycles. The molecule has 0 aliphatic rings. The van der Waals surface area contributed by atoms with Crippen molar-refractivity contribution in [2.24, 2.45) is 0 Å². The van der Waals surface area contributed by atoms with E-state index in [-0.39, 0.29) is 143 Å². The monoisotopic (exact) mass is 885 g/mol. The second-order valence-electron chi connectivity index (χ2n) is 12.8. The summed E-state index contributed by atoms with van der Waals surface area (Å²) in [6.07, 6.45) is 2.37. The molecule has 4 aromatic carbocycles. The predicted octanol–water partition coefficient (Wildman–Crippen LogP) is -2.70. The first-order valence-corrected chi connectivity index (χ1v) is 20.4. The average Bonchev–Trinajstić information content (AvgIpc) is 3.20. The number of rotatable bonds is 16. The summed E-state index contributed by atoms with van der Waals surface area (Å²) in [6, 6.07) is 23.5. The van der Waals surface area contributed by atoms with E-state index in [1.165, 1.54) is 41.3 Å². The van der Waals surface area contributed by atoms with Gasteiger partial charge in [0.25, 0.3) is 0 Å². The molecular weight excluding hydrogens is 849 g/mol. The molecule has 0 saturated carbocycles. The van der Waals surface area contributed by atoms with E-state index < -0.39 is 30.0 Å². The number of nitrogens with one attached hydrogen (secondary N) is 2. The molecule has 306 valence electrons. The molecule has 6 aromatic rings. The zero-order chi connectivity index (χ0) is 42.3. The van der Waals surface area contributed by atoms with E-state index in [0.717, 1.165) is 12.1 Å². The number of aromatic nitrogens is 6. The maximum Gasteiger partial charge on any atom is 1.00 e. The number of benzene rings is 4. The van der Waals surface area contributed by atoms with Gasteiger partial charge in [-0.25, -0.2) is 16.8 Å². The van der Waals surface area contributed by atoms with Crippen LogP contribution in [0.2, 0.25) is 0 Å². The van der Waals surface area contributed by atoms with Crippen LogP contribution < -0.4 is 85.3 Å². The number of hydrogen-bond acceptors (Lipinski definition) is 19. The van der Waals surface area contributed by atoms with Crippen molar-refractivity contribution in [3.63, 3.8) is 0 Å². The van der Waals surface area contributed by atoms with Crippen molar-refractivity contribution < 1.29 is 95.3 Å². The Morgan fingerprint density at radius 1 is 0.623 bits per heavy atom. The third-order valence-corrected chi connectivity index (χ3v) is 10.3. The molecule has 0 aliphatic heterocycles. The van der Waals surface area contributed by atoms with Crippen molar-refractivity contribution in [2.45, 2.75) is 9.79 Å². The van der Waals surface area contributed by atoms with E-state index in [9.17, 15) is 36.2 Å². The Kier molecular flexibility index (Phi) is 17.2. The second kappa shape index (κ2) is 21.4. The first-order chi connectivity index (χ1) is 28.1. The third kappa shape index (κ3) is 12.7. The van der Waals surface area contributed by atoms with Crippen LogP contribution in [0.3, 0.4) is 0 Å². The first-order valence-electron chi connectivity index (χ1n) is 17.6. The quantitative estimate of drug-likeness (QED) is 0.0286. The minimum absolute atomic E-state index is 0. The molecule has 0 saturated heterocycles. The van der Waals surface area contributed by atoms with Gasteiger partial charge in [-0.05, 0) is 47.5 Å². The van der Waals surface area contributed by atoms with Gasteiger partial charge in [0.15, 0.2) is 11.6 Å². The number of likely N-dealkylation sites (N-methyl/N-ethyl adjacent to an activating group) is 2. The number of nitrogens with two attached hydrogens (primary N) is 1. The van der Waals surface area contributed by atoms with Gasteiger partial charge < -0.3 is 45.5 Å². The van der Waals surface area contributed by atoms with Crippen LogP contribution in [0, 0.1) is 0 Å². The maximum absolute atomic E-state index is 12.6. The fraction of sp³-hybridized carbons (Fsp3) is 0.158. The van der Waals surface area contributed by atoms with Crippen LogP contribution in [0.5, 0.6) is 0 Å². The Labute approximate surface area is 396 Å². The molecule has 0 fully saturated rings. The van der Waals surface area contributed by atoms with Crippen LogP contribution in [0.1, 0.15) is 11.1 Å². The number of aliphatic hydroxyl groups is 2. The van der Waals surface area contributed by atoms with Gasteiger partial charge in [0.2, 0.25) is 23.8 Å². The molecule has 6 rings (SSSR count). The molecule has 0 amide bonds. The van der Waals surface area contributed by atoms with Crippen LogP contribution >= 0.6 is 0 Å². The summed E-state index contributed by atoms with van der Waals surface area (Å²) in [4.78, 5) is 28.3. The number of para-hydroxylation sites is 3. The minimum atomic E-state index is -5.17. The Bertz CT molecular complexity index is 2740. The number of aliphatic hydroxyl groups excluding tert-OH is 2. The van der Waals surface area contributed by atoms with E-state index in [1.807, 2.05) is 6.07 Å². The number of nitrogen functional groups attached to an aromatic ring is 1. The van der Waals surface area contributed by atoms with Crippen LogP contribution in [0.4, 0.5) is 40.9 Å². The standard InChI is InChI=1S/C38H39N11O8S2.2Na/c1-48(18-20-50)37-44-33(42-35(46-37)40-28-8-4-3-5-9-28)26-16-14-24(31(22-26)58(52,53)54)12-13-25-15-17-27(23-32(25)59(55,56)57)34-43-36(41-30-11-7-6-10-29(30)39)47-38(45-34)49(2)19-21-51;;/h3-17,22-23,50-51H,18-21,39H2,1-2H3,(H,52,53,54)(H,55,56,57)(H,40,42,44,46)(H,41,43,45,47);;/q;2*+1/p-2. The van der Waals surface area contributed by atoms with Gasteiger partial charge in [-0.2, -0.15) is 29.9 Å². The summed E-state index contributed by atoms with van der Waals surface area (Å²) in [6.45, 7) is -0.117. The Balaban J connectivity index is 0.00000410. The van der Waals surface area contributed by atoms with Gasteiger partial charge in [0, 0.05) is 44.0 Å². The number of anilines is 7. The van der Waals surface area contributed by atoms with Crippen LogP contribution in [0.25, 0.3) is 34.9 Å². The van der Waals surface area contributed by atoms with Crippen LogP contribution in [0.15, 0.2) is 101 Å². The van der Waals surface area contributed by atoms with E-state index in [4.69, 9.17) is 5.73 Å². The van der Waals surface area contributed by atoms with E-state index in [0.29, 0.717) is 17.1 Å². The molecule has 6 N–H and O–H groups in total. The summed E-state index contributed by atoms with van der Waals surface area (Å²) in [5.74, 6) is 0.368. The van der Waals surface area contributed by atoms with Crippen molar-refractivity contribution in [2.75, 3.05) is 66.6 Å². The molecule has 0 radical (unpaired) electrons. The topological polar surface area (TPSA) is 289 Å². The summed E-state index contributed by atoms with van der Waals surface area (Å²) in [5, 5.41) is 25.1. The van der Waals surface area contributed by atoms with E-state index in [2.05, 4.69) is 40.5 Å². The normalized spacial score (nSPS) is 11.4. The fourth-order valence-electron chi connectivity index (χ4n) is 5.56. The molecule has 0 bridgehead atoms. The molecule has 0 atom stereocenters. The molecule has 0 spiro atoms. The van der Waals surface area contributed by atoms with Crippen LogP contribution in [-0.4, -0.2) is 106 Å². The second-order valence-corrected chi connectivity index (χ2v) is 15.5. The molecule has 19 nitrogen and oxygen atoms in total.